The molecule has 2 aromatic carbocycles. The molecule has 4 aromatic rings. The largest absolute Gasteiger partial charge is 0.456 e. The molecule has 9 fully saturated rings. The molecule has 0 unspecified atom stereocenters. The van der Waals surface area contributed by atoms with Crippen LogP contribution in [-0.4, -0.2) is 257 Å². The summed E-state index contributed by atoms with van der Waals surface area (Å²) >= 11 is 0. The summed E-state index contributed by atoms with van der Waals surface area (Å²) in [4.78, 5) is 129. The zero-order valence-corrected chi connectivity index (χ0v) is 73.4. The Bertz CT molecular complexity index is 4800. The van der Waals surface area contributed by atoms with Crippen molar-refractivity contribution in [1.82, 2.24) is 35.5 Å². The van der Waals surface area contributed by atoms with Crippen LogP contribution in [-0.2, 0) is 85.5 Å². The summed E-state index contributed by atoms with van der Waals surface area (Å²) in [6, 6.07) is 16.6. The molecule has 6 aliphatic carbocycles. The van der Waals surface area contributed by atoms with Crippen LogP contribution < -0.4 is 10.6 Å². The summed E-state index contributed by atoms with van der Waals surface area (Å²) in [7, 11) is 0. The van der Waals surface area contributed by atoms with Crippen molar-refractivity contribution in [2.24, 2.45) is 33.5 Å². The van der Waals surface area contributed by atoms with Crippen LogP contribution in [0.2, 0.25) is 0 Å². The number of carbonyl (C=O) groups is 8. The molecule has 4 saturated carbocycles. The van der Waals surface area contributed by atoms with Crippen molar-refractivity contribution in [3.05, 3.63) is 155 Å². The van der Waals surface area contributed by atoms with Crippen molar-refractivity contribution in [2.75, 3.05) is 32.9 Å². The molecule has 25 atom stereocenters. The number of alkyl carbamates (subject to hydrolysis) is 2. The van der Waals surface area contributed by atoms with Gasteiger partial charge in [0.15, 0.2) is 47.6 Å². The monoisotopic (exact) mass is 1740 g/mol. The second-order valence-electron chi connectivity index (χ2n) is 38.4. The van der Waals surface area contributed by atoms with Crippen molar-refractivity contribution >= 4 is 48.0 Å². The predicted octanol–water partition coefficient (Wildman–Crippen LogP) is 7.77. The van der Waals surface area contributed by atoms with Crippen molar-refractivity contribution in [1.29, 1.82) is 0 Å². The number of benzene rings is 2. The van der Waals surface area contributed by atoms with Crippen molar-refractivity contribution in [3.63, 3.8) is 0 Å². The van der Waals surface area contributed by atoms with Gasteiger partial charge in [-0.25, -0.2) is 48.7 Å². The molecular weight excluding hydrogens is 1620 g/mol. The highest BCUT2D eigenvalue weighted by molar-refractivity contribution is 5.90. The molecule has 0 radical (unpaired) electrons. The molecule has 125 heavy (non-hydrogen) atoms. The number of hydrogen-bond acceptors (Lipinski definition) is 32. The summed E-state index contributed by atoms with van der Waals surface area (Å²) < 4.78 is 88.8. The van der Waals surface area contributed by atoms with Gasteiger partial charge in [0, 0.05) is 92.3 Å². The first-order valence-corrected chi connectivity index (χ1v) is 42.7. The number of carbonyl (C=O) groups excluding carboxylic acids is 8. The Balaban J connectivity index is 0.000000204. The highest BCUT2D eigenvalue weighted by atomic mass is 16.7. The topological polar surface area (TPSA) is 446 Å². The first-order valence-electron chi connectivity index (χ1n) is 42.7. The van der Waals surface area contributed by atoms with Crippen LogP contribution in [0.15, 0.2) is 133 Å². The Labute approximate surface area is 725 Å². The van der Waals surface area contributed by atoms with Gasteiger partial charge in [-0.3, -0.25) is 14.5 Å². The number of fused-ring (bicyclic) bond motifs is 16. The molecule has 2 amide bonds. The summed E-state index contributed by atoms with van der Waals surface area (Å²) in [5.74, 6) is -7.16. The fraction of sp³-hybridized carbons (Fsp3) is 0.626. The van der Waals surface area contributed by atoms with Gasteiger partial charge in [0.05, 0.1) is 55.0 Å². The second-order valence-corrected chi connectivity index (χ2v) is 38.4. The Kier molecular flexibility index (Phi) is 25.3. The Morgan fingerprint density at radius 3 is 1.32 bits per heavy atom. The van der Waals surface area contributed by atoms with Gasteiger partial charge in [-0.1, -0.05) is 84.5 Å². The SMILES string of the molecule is C=C[C@@H]1O[C@@H]2C3=C(C)[C@@H](OC(=O)[C@H](O)[C@@H](NC(=O)OC(C)(C)C)c4ncccn4)C[C@@](O)([C@@H](OC(=O)c4ccccc4)[C@H]4[C@@](C)(CC[C@H]5OC[C@]54OC(C)=O)[C@@H]2O1)C3(C)C.CC(=O)O[C@@]12CO[C@@H]1CC[C@@]1(C)[C@@H]3O[C@H](CN4CC[C@H]4CO)O[C@@H]3C3=C(C)[C@@H](OC(=O)[C@H](O)[C@@H](NC(=O)OC(C)(C)C)c4ncccn4)C[C@@](O)([C@@H](OC(=O)c4ccccc4)[C@@H]12)C3(C)C. The molecule has 0 spiro atoms. The number of hydrogen-bond donors (Lipinski definition) is 7. The molecule has 678 valence electrons. The zero-order valence-electron chi connectivity index (χ0n) is 73.4. The second kappa shape index (κ2) is 34.4. The van der Waals surface area contributed by atoms with E-state index in [9.17, 15) is 63.9 Å². The third-order valence-electron chi connectivity index (χ3n) is 27.8. The standard InChI is InChI=1S/C47H62N4O14.C44H55N3O13/c1-25-29(60-41(56)34(54)33(39-48-18-12-19-49-39)50-42(57)65-43(3,4)5)21-47(58)38(63-40(55)27-13-10-9-11-14-27)36-45(8,17-15-30-46(36,24-59-30)64-26(2)53)37-35(32(25)44(47,6)7)61-31(62-37)22-51-20-16-28(51)23-52;1-10-28-56-32-29-23(2)26(55-38(51)31(49)30(36-45-19-14-20-46-36)47-39(52)60-40(4,5)6)21-44(53,41(29,7)8)35(58-37(50)25-15-12-11-13-16-25)33-42(9,34(32)57-28)18-17-27-43(33,22-54-27)59-24(3)48/h9-14,18-19,28-31,33-38,52,54,58H,15-17,20-24H2,1-8H3,(H,50,57);10-16,19-20,26-28,30-35,49,53H,1,17-18,21-22H2,2-9H3,(H,47,52)/t28-,29-,30+,31+,33+,34+,35+,36-,37+,38-,45+,46-,47+;26-,27+,28+,30+,31+,32+,33-,34+,35-,42+,43-,44+/m00/s1. The average Bonchev–Trinajstić information content (AvgIpc) is 1.65. The van der Waals surface area contributed by atoms with E-state index in [1.54, 1.807) is 130 Å². The summed E-state index contributed by atoms with van der Waals surface area (Å²) in [5, 5.41) is 66.2. The average molecular weight is 1740 g/mol. The zero-order chi connectivity index (χ0) is 90.4. The molecule has 7 N–H and O–H groups in total. The number of esters is 6. The molecule has 5 saturated heterocycles. The minimum Gasteiger partial charge on any atom is -0.456 e. The lowest BCUT2D eigenvalue weighted by Gasteiger charge is -2.68. The molecule has 15 rings (SSSR count). The lowest BCUT2D eigenvalue weighted by Crippen LogP contribution is -2.79. The van der Waals surface area contributed by atoms with Crippen LogP contribution >= 0.6 is 0 Å². The molecule has 2 aromatic heterocycles. The van der Waals surface area contributed by atoms with E-state index in [1.165, 1.54) is 56.8 Å². The van der Waals surface area contributed by atoms with Crippen LogP contribution in [0, 0.1) is 33.5 Å². The maximum atomic E-state index is 14.5. The number of amides is 2. The van der Waals surface area contributed by atoms with Crippen molar-refractivity contribution in [3.8, 4) is 0 Å². The van der Waals surface area contributed by atoms with Gasteiger partial charge in [0.25, 0.3) is 0 Å². The van der Waals surface area contributed by atoms with Gasteiger partial charge in [-0.15, -0.1) is 0 Å². The van der Waals surface area contributed by atoms with Gasteiger partial charge in [0.1, 0.15) is 83.3 Å². The van der Waals surface area contributed by atoms with E-state index in [0.717, 1.165) is 13.0 Å². The molecular formula is C91H117N7O27. The minimum atomic E-state index is -2.11. The maximum absolute atomic E-state index is 14.5. The van der Waals surface area contributed by atoms with Gasteiger partial charge in [-0.2, -0.15) is 0 Å². The van der Waals surface area contributed by atoms with Crippen LogP contribution in [0.5, 0.6) is 0 Å². The number of aliphatic hydroxyl groups excluding tert-OH is 3. The molecule has 34 nitrogen and oxygen atoms in total. The normalized spacial score (nSPS) is 35.4. The lowest BCUT2D eigenvalue weighted by atomic mass is 9.45. The van der Waals surface area contributed by atoms with E-state index < -0.39 is 213 Å². The molecule has 7 heterocycles. The third kappa shape index (κ3) is 16.7. The summed E-state index contributed by atoms with van der Waals surface area (Å²) in [6.45, 7) is 32.1. The van der Waals surface area contributed by atoms with E-state index in [4.69, 9.17) is 66.3 Å². The van der Waals surface area contributed by atoms with E-state index >= 15 is 0 Å². The predicted molar refractivity (Wildman–Crippen MR) is 438 cm³/mol. The quantitative estimate of drug-likeness (QED) is 0.0252. The number of rotatable bonds is 20. The molecule has 11 aliphatic rings. The van der Waals surface area contributed by atoms with E-state index in [-0.39, 0.29) is 61.5 Å². The van der Waals surface area contributed by atoms with Crippen LogP contribution in [0.4, 0.5) is 9.59 Å². The van der Waals surface area contributed by atoms with E-state index in [0.29, 0.717) is 54.5 Å². The highest BCUT2D eigenvalue weighted by Crippen LogP contribution is 2.70. The third-order valence-corrected chi connectivity index (χ3v) is 27.8. The number of likely N-dealkylation sites (tertiary alicyclic amines) is 1. The number of aliphatic hydroxyl groups is 5. The molecule has 34 heteroatoms. The smallest absolute Gasteiger partial charge is 0.408 e. The Morgan fingerprint density at radius 2 is 0.968 bits per heavy atom. The Hall–Kier alpha value is -9.30. The van der Waals surface area contributed by atoms with Gasteiger partial charge in [-0.05, 0) is 152 Å². The number of ether oxygens (including phenoxy) is 14. The van der Waals surface area contributed by atoms with E-state index in [2.05, 4.69) is 42.0 Å². The minimum absolute atomic E-state index is 0.0338. The van der Waals surface area contributed by atoms with Gasteiger partial charge in [0.2, 0.25) is 0 Å². The van der Waals surface area contributed by atoms with E-state index in [1.807, 2.05) is 27.7 Å². The van der Waals surface area contributed by atoms with Crippen molar-refractivity contribution < 1.29 is 130 Å². The Morgan fingerprint density at radius 1 is 0.568 bits per heavy atom. The van der Waals surface area contributed by atoms with Gasteiger partial charge < -0.3 is 102 Å². The van der Waals surface area contributed by atoms with Crippen molar-refractivity contribution in [2.45, 2.75) is 293 Å². The first kappa shape index (κ1) is 91.9. The lowest BCUT2D eigenvalue weighted by molar-refractivity contribution is -0.345. The first-order chi connectivity index (χ1) is 58.8. The summed E-state index contributed by atoms with van der Waals surface area (Å²) in [6.07, 6.45) is -8.79. The fourth-order valence-corrected chi connectivity index (χ4v) is 21.7. The summed E-state index contributed by atoms with van der Waals surface area (Å²) in [5.41, 5.74) is -11.0. The molecule has 4 bridgehead atoms. The van der Waals surface area contributed by atoms with Gasteiger partial charge >= 0.3 is 48.0 Å². The maximum Gasteiger partial charge on any atom is 0.408 e. The van der Waals surface area contributed by atoms with Crippen LogP contribution in [0.1, 0.15) is 200 Å². The number of aromatic nitrogens is 4. The molecule has 5 aliphatic heterocycles. The van der Waals surface area contributed by atoms with Crippen LogP contribution in [0.3, 0.4) is 0 Å². The highest BCUT2D eigenvalue weighted by Gasteiger charge is 2.80. The number of nitrogens with one attached hydrogen (secondary N) is 2. The fourth-order valence-electron chi connectivity index (χ4n) is 21.7. The van der Waals surface area contributed by atoms with Crippen LogP contribution in [0.25, 0.3) is 0 Å². The number of nitrogens with zero attached hydrogens (tertiary/aromatic N) is 5.